The van der Waals surface area contributed by atoms with Crippen molar-refractivity contribution in [3.8, 4) is 0 Å². The van der Waals surface area contributed by atoms with Gasteiger partial charge in [-0.3, -0.25) is 4.98 Å². The molecule has 4 nitrogen and oxygen atoms in total. The van der Waals surface area contributed by atoms with E-state index in [1.807, 2.05) is 6.20 Å². The summed E-state index contributed by atoms with van der Waals surface area (Å²) in [7, 11) is 1.79. The summed E-state index contributed by atoms with van der Waals surface area (Å²) in [5.74, 6) is 0.580. The Morgan fingerprint density at radius 3 is 2.78 bits per heavy atom. The van der Waals surface area contributed by atoms with Gasteiger partial charge in [0.1, 0.15) is 5.69 Å². The number of hydrogen-bond donors (Lipinski definition) is 2. The van der Waals surface area contributed by atoms with E-state index in [0.29, 0.717) is 18.1 Å². The molecule has 0 bridgehead atoms. The normalized spacial score (nSPS) is 20.2. The van der Waals surface area contributed by atoms with Gasteiger partial charge in [0.2, 0.25) is 0 Å². The van der Waals surface area contributed by atoms with Crippen LogP contribution >= 0.6 is 0 Å². The first kappa shape index (κ1) is 17.8. The van der Waals surface area contributed by atoms with E-state index in [1.54, 1.807) is 7.11 Å². The van der Waals surface area contributed by atoms with Crippen molar-refractivity contribution < 1.29 is 4.74 Å². The third-order valence-corrected chi connectivity index (χ3v) is 4.28. The van der Waals surface area contributed by atoms with Crippen molar-refractivity contribution in [2.24, 2.45) is 5.92 Å². The van der Waals surface area contributed by atoms with Gasteiger partial charge in [-0.25, -0.2) is 0 Å². The molecule has 1 aliphatic carbocycles. The third kappa shape index (κ3) is 4.96. The molecule has 0 radical (unpaired) electrons. The van der Waals surface area contributed by atoms with Crippen LogP contribution in [0.15, 0.2) is 18.8 Å². The number of ether oxygens (including phenoxy) is 1. The van der Waals surface area contributed by atoms with Gasteiger partial charge in [-0.15, -0.1) is 0 Å². The lowest BCUT2D eigenvalue weighted by Crippen LogP contribution is -2.40. The fraction of sp³-hybridized carbons (Fsp3) is 0.632. The van der Waals surface area contributed by atoms with Crippen LogP contribution in [0.25, 0.3) is 5.70 Å². The number of hydrogen-bond acceptors (Lipinski definition) is 4. The number of pyridine rings is 1. The Hall–Kier alpha value is -1.55. The van der Waals surface area contributed by atoms with Gasteiger partial charge < -0.3 is 15.4 Å². The molecule has 1 saturated carbocycles. The molecule has 0 amide bonds. The number of aryl methyl sites for hydroxylation is 1. The van der Waals surface area contributed by atoms with Crippen LogP contribution in [0.4, 0.5) is 5.69 Å². The Kier molecular flexibility index (Phi) is 6.46. The predicted octanol–water partition coefficient (Wildman–Crippen LogP) is 3.84. The van der Waals surface area contributed by atoms with Crippen LogP contribution in [0, 0.1) is 5.92 Å². The largest absolute Gasteiger partial charge is 0.383 e. The van der Waals surface area contributed by atoms with Crippen LogP contribution in [-0.2, 0) is 11.2 Å². The number of rotatable bonds is 9. The van der Waals surface area contributed by atoms with E-state index < -0.39 is 0 Å². The molecular formula is C19H31N3O. The van der Waals surface area contributed by atoms with E-state index in [1.165, 1.54) is 5.56 Å². The lowest BCUT2D eigenvalue weighted by atomic mass is 9.89. The second-order valence-electron chi connectivity index (χ2n) is 6.91. The second kappa shape index (κ2) is 8.34. The maximum atomic E-state index is 5.37. The molecular weight excluding hydrogens is 286 g/mol. The minimum Gasteiger partial charge on any atom is -0.383 e. The fourth-order valence-corrected chi connectivity index (χ4v) is 2.79. The molecule has 128 valence electrons. The SMILES string of the molecule is C=C(NCC(C)C)c1ncc(CCC)cc1NC1CC(OC)C1. The maximum absolute atomic E-state index is 5.37. The molecule has 0 spiro atoms. The minimum atomic E-state index is 0.394. The Morgan fingerprint density at radius 2 is 2.17 bits per heavy atom. The van der Waals surface area contributed by atoms with Crippen LogP contribution in [0.3, 0.4) is 0 Å². The number of aromatic nitrogens is 1. The van der Waals surface area contributed by atoms with Crippen LogP contribution < -0.4 is 10.6 Å². The summed E-state index contributed by atoms with van der Waals surface area (Å²) in [6, 6.07) is 2.70. The maximum Gasteiger partial charge on any atom is 0.109 e. The molecule has 1 aliphatic rings. The van der Waals surface area contributed by atoms with Crippen LogP contribution in [0.2, 0.25) is 0 Å². The highest BCUT2D eigenvalue weighted by Gasteiger charge is 2.29. The topological polar surface area (TPSA) is 46.2 Å². The average molecular weight is 317 g/mol. The summed E-state index contributed by atoms with van der Waals surface area (Å²) in [5.41, 5.74) is 4.20. The molecule has 4 heteroatoms. The van der Waals surface area contributed by atoms with Crippen LogP contribution in [0.1, 0.15) is 51.3 Å². The third-order valence-electron chi connectivity index (χ3n) is 4.28. The highest BCUT2D eigenvalue weighted by Crippen LogP contribution is 2.29. The first-order valence-electron chi connectivity index (χ1n) is 8.74. The predicted molar refractivity (Wildman–Crippen MR) is 97.5 cm³/mol. The number of methoxy groups -OCH3 is 1. The number of nitrogens with zero attached hydrogens (tertiary/aromatic N) is 1. The molecule has 0 aliphatic heterocycles. The van der Waals surface area contributed by atoms with Gasteiger partial charge in [0, 0.05) is 25.9 Å². The van der Waals surface area contributed by atoms with Crippen LogP contribution in [0.5, 0.6) is 0 Å². The van der Waals surface area contributed by atoms with E-state index in [4.69, 9.17) is 4.74 Å². The highest BCUT2D eigenvalue weighted by molar-refractivity contribution is 5.71. The van der Waals surface area contributed by atoms with Crippen molar-refractivity contribution in [3.63, 3.8) is 0 Å². The summed E-state index contributed by atoms with van der Waals surface area (Å²) >= 11 is 0. The van der Waals surface area contributed by atoms with Gasteiger partial charge in [0.05, 0.1) is 17.5 Å². The average Bonchev–Trinajstić information content (AvgIpc) is 2.48. The van der Waals surface area contributed by atoms with Gasteiger partial charge in [-0.2, -0.15) is 0 Å². The minimum absolute atomic E-state index is 0.394. The second-order valence-corrected chi connectivity index (χ2v) is 6.91. The summed E-state index contributed by atoms with van der Waals surface area (Å²) < 4.78 is 5.37. The summed E-state index contributed by atoms with van der Waals surface area (Å²) in [6.45, 7) is 11.7. The lowest BCUT2D eigenvalue weighted by Gasteiger charge is -2.35. The van der Waals surface area contributed by atoms with Crippen molar-refractivity contribution >= 4 is 11.4 Å². The van der Waals surface area contributed by atoms with Crippen molar-refractivity contribution in [1.29, 1.82) is 0 Å². The zero-order chi connectivity index (χ0) is 16.8. The fourth-order valence-electron chi connectivity index (χ4n) is 2.79. The summed E-state index contributed by atoms with van der Waals surface area (Å²) in [5, 5.41) is 7.03. The van der Waals surface area contributed by atoms with E-state index in [-0.39, 0.29) is 0 Å². The first-order valence-corrected chi connectivity index (χ1v) is 8.74. The van der Waals surface area contributed by atoms with Crippen molar-refractivity contribution in [2.45, 2.75) is 58.6 Å². The van der Waals surface area contributed by atoms with Gasteiger partial charge >= 0.3 is 0 Å². The summed E-state index contributed by atoms with van der Waals surface area (Å²) in [4.78, 5) is 4.67. The zero-order valence-corrected chi connectivity index (χ0v) is 15.0. The van der Waals surface area contributed by atoms with E-state index in [0.717, 1.165) is 49.3 Å². The standard InChI is InChI=1S/C19H31N3O/c1-6-7-15-8-18(22-16-9-17(10-16)23-5)19(21-12-15)14(4)20-11-13(2)3/h8,12-13,16-17,20,22H,4,6-7,9-11H2,1-3,5H3. The quantitative estimate of drug-likeness (QED) is 0.726. The molecule has 2 rings (SSSR count). The van der Waals surface area contributed by atoms with Gasteiger partial charge in [-0.1, -0.05) is 33.8 Å². The Morgan fingerprint density at radius 1 is 1.43 bits per heavy atom. The number of nitrogens with one attached hydrogen (secondary N) is 2. The van der Waals surface area contributed by atoms with Gasteiger partial charge in [-0.05, 0) is 36.8 Å². The van der Waals surface area contributed by atoms with E-state index >= 15 is 0 Å². The monoisotopic (exact) mass is 317 g/mol. The Bertz CT molecular complexity index is 521. The molecule has 2 N–H and O–H groups in total. The molecule has 0 aromatic carbocycles. The first-order chi connectivity index (χ1) is 11.0. The highest BCUT2D eigenvalue weighted by atomic mass is 16.5. The molecule has 0 atom stereocenters. The van der Waals surface area contributed by atoms with E-state index in [2.05, 4.69) is 49.0 Å². The molecule has 0 unspecified atom stereocenters. The Balaban J connectivity index is 2.10. The van der Waals surface area contributed by atoms with Gasteiger partial charge in [0.25, 0.3) is 0 Å². The molecule has 1 aromatic rings. The zero-order valence-electron chi connectivity index (χ0n) is 15.0. The van der Waals surface area contributed by atoms with Crippen molar-refractivity contribution in [1.82, 2.24) is 10.3 Å². The molecule has 1 heterocycles. The molecule has 23 heavy (non-hydrogen) atoms. The summed E-state index contributed by atoms with van der Waals surface area (Å²) in [6.07, 6.45) is 6.66. The van der Waals surface area contributed by atoms with E-state index in [9.17, 15) is 0 Å². The lowest BCUT2D eigenvalue weighted by molar-refractivity contribution is 0.0328. The van der Waals surface area contributed by atoms with Crippen molar-refractivity contribution in [3.05, 3.63) is 30.1 Å². The van der Waals surface area contributed by atoms with Crippen LogP contribution in [-0.4, -0.2) is 30.8 Å². The van der Waals surface area contributed by atoms with Gasteiger partial charge in [0.15, 0.2) is 0 Å². The molecule has 1 aromatic heterocycles. The molecule has 0 saturated heterocycles. The number of anilines is 1. The smallest absolute Gasteiger partial charge is 0.109 e. The van der Waals surface area contributed by atoms with Crippen molar-refractivity contribution in [2.75, 3.05) is 19.0 Å². The Labute approximate surface area is 140 Å². The molecule has 1 fully saturated rings.